The number of anilines is 2. The Balaban J connectivity index is 2.41. The standard InChI is InChI=1S/C14H15BrN2O3S/c1-9-7-11(4-5-12(9)15)21(18,19)17-13-8-10(16)3-6-14(13)20-2/h3-8,17H,16H2,1-2H3. The van der Waals surface area contributed by atoms with Gasteiger partial charge in [0, 0.05) is 10.2 Å². The van der Waals surface area contributed by atoms with Crippen LogP contribution in [0.4, 0.5) is 11.4 Å². The van der Waals surface area contributed by atoms with Crippen molar-refractivity contribution in [3.8, 4) is 5.75 Å². The summed E-state index contributed by atoms with van der Waals surface area (Å²) in [5.74, 6) is 0.404. The number of benzene rings is 2. The second kappa shape index (κ2) is 5.95. The fourth-order valence-corrected chi connectivity index (χ4v) is 3.19. The van der Waals surface area contributed by atoms with Gasteiger partial charge in [0.15, 0.2) is 0 Å². The molecule has 21 heavy (non-hydrogen) atoms. The number of ether oxygens (including phenoxy) is 1. The van der Waals surface area contributed by atoms with Gasteiger partial charge < -0.3 is 10.5 Å². The third kappa shape index (κ3) is 3.48. The number of hydrogen-bond acceptors (Lipinski definition) is 4. The Morgan fingerprint density at radius 3 is 2.52 bits per heavy atom. The summed E-state index contributed by atoms with van der Waals surface area (Å²) < 4.78 is 33.3. The van der Waals surface area contributed by atoms with Crippen LogP contribution in [0.1, 0.15) is 5.56 Å². The molecule has 2 aromatic carbocycles. The van der Waals surface area contributed by atoms with Crippen molar-refractivity contribution in [1.82, 2.24) is 0 Å². The smallest absolute Gasteiger partial charge is 0.262 e. The molecular formula is C14H15BrN2O3S. The van der Waals surface area contributed by atoms with Gasteiger partial charge in [0.05, 0.1) is 17.7 Å². The minimum atomic E-state index is -3.71. The summed E-state index contributed by atoms with van der Waals surface area (Å²) in [6, 6.07) is 9.58. The molecule has 0 unspecified atom stereocenters. The summed E-state index contributed by atoms with van der Waals surface area (Å²) in [5, 5.41) is 0. The second-order valence-electron chi connectivity index (χ2n) is 4.48. The lowest BCUT2D eigenvalue weighted by Crippen LogP contribution is -2.14. The molecule has 2 rings (SSSR count). The van der Waals surface area contributed by atoms with Crippen molar-refractivity contribution in [3.05, 3.63) is 46.4 Å². The van der Waals surface area contributed by atoms with Crippen LogP contribution >= 0.6 is 15.9 Å². The zero-order valence-corrected chi connectivity index (χ0v) is 14.0. The maximum Gasteiger partial charge on any atom is 0.262 e. The summed E-state index contributed by atoms with van der Waals surface area (Å²) >= 11 is 3.34. The average Bonchev–Trinajstić information content (AvgIpc) is 2.41. The van der Waals surface area contributed by atoms with Crippen LogP contribution in [0.3, 0.4) is 0 Å². The van der Waals surface area contributed by atoms with Crippen LogP contribution in [0.15, 0.2) is 45.8 Å². The van der Waals surface area contributed by atoms with Crippen molar-refractivity contribution < 1.29 is 13.2 Å². The lowest BCUT2D eigenvalue weighted by molar-refractivity contribution is 0.417. The maximum absolute atomic E-state index is 12.4. The highest BCUT2D eigenvalue weighted by Crippen LogP contribution is 2.29. The van der Waals surface area contributed by atoms with Crippen LogP contribution in [0.5, 0.6) is 5.75 Å². The summed E-state index contributed by atoms with van der Waals surface area (Å²) in [7, 11) is -2.24. The molecule has 0 spiro atoms. The van der Waals surface area contributed by atoms with E-state index in [0.717, 1.165) is 10.0 Å². The third-order valence-electron chi connectivity index (χ3n) is 2.91. The molecule has 3 N–H and O–H groups in total. The molecule has 2 aromatic rings. The molecule has 0 aliphatic rings. The molecule has 0 saturated carbocycles. The maximum atomic E-state index is 12.4. The van der Waals surface area contributed by atoms with E-state index >= 15 is 0 Å². The molecule has 0 atom stereocenters. The first kappa shape index (κ1) is 15.7. The van der Waals surface area contributed by atoms with Gasteiger partial charge in [0.1, 0.15) is 5.75 Å². The van der Waals surface area contributed by atoms with Crippen molar-refractivity contribution >= 4 is 37.3 Å². The summed E-state index contributed by atoms with van der Waals surface area (Å²) in [6.07, 6.45) is 0. The predicted octanol–water partition coefficient (Wildman–Crippen LogP) is 3.15. The molecule has 0 amide bonds. The normalized spacial score (nSPS) is 11.2. The van der Waals surface area contributed by atoms with Crippen molar-refractivity contribution in [1.29, 1.82) is 0 Å². The quantitative estimate of drug-likeness (QED) is 0.809. The Morgan fingerprint density at radius 2 is 1.90 bits per heavy atom. The van der Waals surface area contributed by atoms with Gasteiger partial charge in [-0.1, -0.05) is 15.9 Å². The number of halogens is 1. The largest absolute Gasteiger partial charge is 0.495 e. The summed E-state index contributed by atoms with van der Waals surface area (Å²) in [4.78, 5) is 0.174. The minimum Gasteiger partial charge on any atom is -0.495 e. The number of nitrogens with one attached hydrogen (secondary N) is 1. The lowest BCUT2D eigenvalue weighted by atomic mass is 10.2. The van der Waals surface area contributed by atoms with E-state index in [2.05, 4.69) is 20.7 Å². The molecule has 5 nitrogen and oxygen atoms in total. The average molecular weight is 371 g/mol. The van der Waals surface area contributed by atoms with Gasteiger partial charge in [0.2, 0.25) is 0 Å². The summed E-state index contributed by atoms with van der Waals surface area (Å²) in [5.41, 5.74) is 7.27. The van der Waals surface area contributed by atoms with Crippen LogP contribution < -0.4 is 15.2 Å². The fraction of sp³-hybridized carbons (Fsp3) is 0.143. The van der Waals surface area contributed by atoms with E-state index in [1.165, 1.54) is 19.2 Å². The molecule has 0 aliphatic heterocycles. The molecule has 0 saturated heterocycles. The lowest BCUT2D eigenvalue weighted by Gasteiger charge is -2.13. The predicted molar refractivity (Wildman–Crippen MR) is 87.1 cm³/mol. The number of aryl methyl sites for hydroxylation is 1. The van der Waals surface area contributed by atoms with Gasteiger partial charge in [-0.25, -0.2) is 8.42 Å². The van der Waals surface area contributed by atoms with Crippen LogP contribution in [0, 0.1) is 6.92 Å². The number of rotatable bonds is 4. The first-order valence-corrected chi connectivity index (χ1v) is 8.33. The number of nitrogen functional groups attached to an aromatic ring is 1. The topological polar surface area (TPSA) is 81.4 Å². The van der Waals surface area contributed by atoms with Crippen molar-refractivity contribution in [2.24, 2.45) is 0 Å². The van der Waals surface area contributed by atoms with Gasteiger partial charge in [-0.2, -0.15) is 0 Å². The molecule has 0 heterocycles. The van der Waals surface area contributed by atoms with Crippen LogP contribution in [-0.4, -0.2) is 15.5 Å². The van der Waals surface area contributed by atoms with E-state index in [1.54, 1.807) is 24.3 Å². The third-order valence-corrected chi connectivity index (χ3v) is 5.16. The molecule has 0 fully saturated rings. The molecule has 0 aromatic heterocycles. The molecule has 0 radical (unpaired) electrons. The zero-order valence-electron chi connectivity index (χ0n) is 11.6. The van der Waals surface area contributed by atoms with Gasteiger partial charge in [-0.15, -0.1) is 0 Å². The van der Waals surface area contributed by atoms with Crippen LogP contribution in [-0.2, 0) is 10.0 Å². The first-order chi connectivity index (χ1) is 9.83. The Morgan fingerprint density at radius 1 is 1.19 bits per heavy atom. The van der Waals surface area contributed by atoms with Gasteiger partial charge in [0.25, 0.3) is 10.0 Å². The van der Waals surface area contributed by atoms with Gasteiger partial charge >= 0.3 is 0 Å². The fourth-order valence-electron chi connectivity index (χ4n) is 1.79. The van der Waals surface area contributed by atoms with E-state index in [-0.39, 0.29) is 4.90 Å². The first-order valence-electron chi connectivity index (χ1n) is 6.06. The van der Waals surface area contributed by atoms with Crippen molar-refractivity contribution in [3.63, 3.8) is 0 Å². The van der Waals surface area contributed by atoms with Crippen LogP contribution in [0.25, 0.3) is 0 Å². The molecule has 7 heteroatoms. The van der Waals surface area contributed by atoms with Gasteiger partial charge in [-0.3, -0.25) is 4.72 Å². The van der Waals surface area contributed by atoms with E-state index in [9.17, 15) is 8.42 Å². The summed E-state index contributed by atoms with van der Waals surface area (Å²) in [6.45, 7) is 1.82. The Labute approximate surface area is 132 Å². The van der Waals surface area contributed by atoms with Gasteiger partial charge in [-0.05, 0) is 48.9 Å². The number of sulfonamides is 1. The number of hydrogen-bond donors (Lipinski definition) is 2. The SMILES string of the molecule is COc1ccc(N)cc1NS(=O)(=O)c1ccc(Br)c(C)c1. The molecule has 0 bridgehead atoms. The highest BCUT2D eigenvalue weighted by molar-refractivity contribution is 9.10. The van der Waals surface area contributed by atoms with Crippen LogP contribution in [0.2, 0.25) is 0 Å². The van der Waals surface area contributed by atoms with Crippen molar-refractivity contribution in [2.75, 3.05) is 17.6 Å². The van der Waals surface area contributed by atoms with E-state index in [4.69, 9.17) is 10.5 Å². The zero-order chi connectivity index (χ0) is 15.6. The Hall–Kier alpha value is -1.73. The van der Waals surface area contributed by atoms with E-state index in [0.29, 0.717) is 17.1 Å². The minimum absolute atomic E-state index is 0.174. The Kier molecular flexibility index (Phi) is 4.43. The Bertz CT molecular complexity index is 776. The highest BCUT2D eigenvalue weighted by atomic mass is 79.9. The van der Waals surface area contributed by atoms with E-state index < -0.39 is 10.0 Å². The monoisotopic (exact) mass is 370 g/mol. The van der Waals surface area contributed by atoms with Crippen molar-refractivity contribution in [2.45, 2.75) is 11.8 Å². The molecular weight excluding hydrogens is 356 g/mol. The highest BCUT2D eigenvalue weighted by Gasteiger charge is 2.17. The molecule has 0 aliphatic carbocycles. The number of methoxy groups -OCH3 is 1. The second-order valence-corrected chi connectivity index (χ2v) is 7.01. The molecule has 112 valence electrons. The van der Waals surface area contributed by atoms with E-state index in [1.807, 2.05) is 6.92 Å². The number of nitrogens with two attached hydrogens (primary N) is 1.